The van der Waals surface area contributed by atoms with Crippen LogP contribution < -0.4 is 10.6 Å². The van der Waals surface area contributed by atoms with Gasteiger partial charge in [0, 0.05) is 11.4 Å². The molecule has 0 aliphatic rings. The Kier molecular flexibility index (Phi) is 5.96. The SMILES string of the molecule is Cc1ccc(NC(=O)Cn2nnc(C(=O)Nc3ccc(Cl)c(Cl)c3)c2C)cc1. The van der Waals surface area contributed by atoms with E-state index >= 15 is 0 Å². The highest BCUT2D eigenvalue weighted by atomic mass is 35.5. The van der Waals surface area contributed by atoms with E-state index in [4.69, 9.17) is 23.2 Å². The lowest BCUT2D eigenvalue weighted by Gasteiger charge is -2.07. The van der Waals surface area contributed by atoms with Crippen molar-refractivity contribution in [2.45, 2.75) is 20.4 Å². The summed E-state index contributed by atoms with van der Waals surface area (Å²) in [6.45, 7) is 3.57. The first-order valence-electron chi connectivity index (χ1n) is 8.36. The lowest BCUT2D eigenvalue weighted by molar-refractivity contribution is -0.117. The van der Waals surface area contributed by atoms with Crippen molar-refractivity contribution < 1.29 is 9.59 Å². The topological polar surface area (TPSA) is 88.9 Å². The molecular formula is C19H17Cl2N5O2. The maximum Gasteiger partial charge on any atom is 0.278 e. The number of nitrogens with one attached hydrogen (secondary N) is 2. The van der Waals surface area contributed by atoms with Gasteiger partial charge in [0.05, 0.1) is 15.7 Å². The molecule has 0 radical (unpaired) electrons. The van der Waals surface area contributed by atoms with Gasteiger partial charge in [-0.3, -0.25) is 9.59 Å². The molecule has 2 amide bonds. The molecule has 0 saturated heterocycles. The third-order valence-corrected chi connectivity index (χ3v) is 4.74. The van der Waals surface area contributed by atoms with E-state index < -0.39 is 5.91 Å². The van der Waals surface area contributed by atoms with Gasteiger partial charge in [-0.25, -0.2) is 4.68 Å². The van der Waals surface area contributed by atoms with Crippen molar-refractivity contribution in [3.05, 3.63) is 69.5 Å². The van der Waals surface area contributed by atoms with Crippen LogP contribution in [0.25, 0.3) is 0 Å². The van der Waals surface area contributed by atoms with E-state index in [0.717, 1.165) is 5.56 Å². The number of aromatic nitrogens is 3. The van der Waals surface area contributed by atoms with Crippen molar-refractivity contribution in [1.29, 1.82) is 0 Å². The van der Waals surface area contributed by atoms with Crippen LogP contribution in [0.3, 0.4) is 0 Å². The molecule has 7 nitrogen and oxygen atoms in total. The van der Waals surface area contributed by atoms with Gasteiger partial charge in [0.15, 0.2) is 5.69 Å². The Balaban J connectivity index is 1.67. The second-order valence-corrected chi connectivity index (χ2v) is 6.99. The van der Waals surface area contributed by atoms with Gasteiger partial charge >= 0.3 is 0 Å². The molecule has 28 heavy (non-hydrogen) atoms. The molecule has 0 atom stereocenters. The zero-order valence-corrected chi connectivity index (χ0v) is 16.7. The number of nitrogens with zero attached hydrogens (tertiary/aromatic N) is 3. The lowest BCUT2D eigenvalue weighted by Crippen LogP contribution is -2.21. The van der Waals surface area contributed by atoms with E-state index in [2.05, 4.69) is 20.9 Å². The molecule has 0 bridgehead atoms. The first-order valence-corrected chi connectivity index (χ1v) is 9.12. The number of rotatable bonds is 5. The number of hydrogen-bond donors (Lipinski definition) is 2. The van der Waals surface area contributed by atoms with Gasteiger partial charge in [0.2, 0.25) is 5.91 Å². The van der Waals surface area contributed by atoms with Gasteiger partial charge in [-0.2, -0.15) is 0 Å². The molecule has 0 aliphatic carbocycles. The number of benzene rings is 2. The lowest BCUT2D eigenvalue weighted by atomic mass is 10.2. The third kappa shape index (κ3) is 4.68. The van der Waals surface area contributed by atoms with E-state index in [9.17, 15) is 9.59 Å². The minimum Gasteiger partial charge on any atom is -0.324 e. The second kappa shape index (κ2) is 8.41. The molecule has 0 spiro atoms. The summed E-state index contributed by atoms with van der Waals surface area (Å²) in [6, 6.07) is 12.2. The van der Waals surface area contributed by atoms with Gasteiger partial charge in [0.25, 0.3) is 5.91 Å². The predicted molar refractivity (Wildman–Crippen MR) is 109 cm³/mol. The van der Waals surface area contributed by atoms with Gasteiger partial charge in [-0.05, 0) is 44.2 Å². The first-order chi connectivity index (χ1) is 13.3. The molecule has 0 fully saturated rings. The van der Waals surface area contributed by atoms with Gasteiger partial charge in [0.1, 0.15) is 6.54 Å². The van der Waals surface area contributed by atoms with E-state index in [0.29, 0.717) is 27.1 Å². The Morgan fingerprint density at radius 3 is 2.32 bits per heavy atom. The molecule has 9 heteroatoms. The standard InChI is InChI=1S/C19H17Cl2N5O2/c1-11-3-5-13(6-4-11)22-17(27)10-26-12(2)18(24-25-26)19(28)23-14-7-8-15(20)16(21)9-14/h3-9H,10H2,1-2H3,(H,22,27)(H,23,28). The van der Waals surface area contributed by atoms with Crippen LogP contribution in [0.2, 0.25) is 10.0 Å². The minimum absolute atomic E-state index is 0.0627. The molecule has 144 valence electrons. The maximum absolute atomic E-state index is 12.4. The summed E-state index contributed by atoms with van der Waals surface area (Å²) in [7, 11) is 0. The molecule has 0 aliphatic heterocycles. The molecule has 0 unspecified atom stereocenters. The number of aryl methyl sites for hydroxylation is 1. The van der Waals surface area contributed by atoms with Crippen molar-refractivity contribution in [3.8, 4) is 0 Å². The van der Waals surface area contributed by atoms with E-state index in [1.807, 2.05) is 31.2 Å². The number of carbonyl (C=O) groups is 2. The zero-order chi connectivity index (χ0) is 20.3. The number of hydrogen-bond acceptors (Lipinski definition) is 4. The summed E-state index contributed by atoms with van der Waals surface area (Å²) in [5.74, 6) is -0.727. The molecule has 3 aromatic rings. The van der Waals surface area contributed by atoms with Crippen LogP contribution in [0.15, 0.2) is 42.5 Å². The predicted octanol–water partition coefficient (Wildman–Crippen LogP) is 4.09. The normalized spacial score (nSPS) is 10.6. The fraction of sp³-hybridized carbons (Fsp3) is 0.158. The Labute approximate surface area is 171 Å². The fourth-order valence-corrected chi connectivity index (χ4v) is 2.76. The Bertz CT molecular complexity index is 1030. The van der Waals surface area contributed by atoms with Gasteiger partial charge in [-0.15, -0.1) is 5.10 Å². The van der Waals surface area contributed by atoms with Crippen LogP contribution in [0, 0.1) is 13.8 Å². The van der Waals surface area contributed by atoms with E-state index in [1.54, 1.807) is 19.1 Å². The number of carbonyl (C=O) groups excluding carboxylic acids is 2. The summed E-state index contributed by atoms with van der Waals surface area (Å²) in [5.41, 5.74) is 2.85. The van der Waals surface area contributed by atoms with Crippen LogP contribution in [0.4, 0.5) is 11.4 Å². The first kappa shape index (κ1) is 19.9. The van der Waals surface area contributed by atoms with Crippen LogP contribution in [0.5, 0.6) is 0 Å². The molecule has 2 N–H and O–H groups in total. The molecule has 1 aromatic heterocycles. The quantitative estimate of drug-likeness (QED) is 0.653. The monoisotopic (exact) mass is 417 g/mol. The van der Waals surface area contributed by atoms with Crippen molar-refractivity contribution in [2.24, 2.45) is 0 Å². The Morgan fingerprint density at radius 1 is 0.964 bits per heavy atom. The summed E-state index contributed by atoms with van der Waals surface area (Å²) in [5, 5.41) is 14.0. The molecule has 3 rings (SSSR count). The smallest absolute Gasteiger partial charge is 0.278 e. The minimum atomic E-state index is -0.457. The number of anilines is 2. The zero-order valence-electron chi connectivity index (χ0n) is 15.2. The number of amides is 2. The third-order valence-electron chi connectivity index (χ3n) is 4.00. The van der Waals surface area contributed by atoms with Crippen molar-refractivity contribution in [3.63, 3.8) is 0 Å². The summed E-state index contributed by atoms with van der Waals surface area (Å²) < 4.78 is 1.37. The van der Waals surface area contributed by atoms with Crippen LogP contribution >= 0.6 is 23.2 Å². The van der Waals surface area contributed by atoms with E-state index in [1.165, 1.54) is 10.7 Å². The molecule has 1 heterocycles. The van der Waals surface area contributed by atoms with Crippen LogP contribution in [-0.2, 0) is 11.3 Å². The maximum atomic E-state index is 12.4. The van der Waals surface area contributed by atoms with Crippen LogP contribution in [-0.4, -0.2) is 26.8 Å². The second-order valence-electron chi connectivity index (χ2n) is 6.18. The highest BCUT2D eigenvalue weighted by Crippen LogP contribution is 2.25. The fourth-order valence-electron chi connectivity index (χ4n) is 2.46. The van der Waals surface area contributed by atoms with Crippen molar-refractivity contribution in [1.82, 2.24) is 15.0 Å². The van der Waals surface area contributed by atoms with Crippen molar-refractivity contribution >= 4 is 46.4 Å². The highest BCUT2D eigenvalue weighted by molar-refractivity contribution is 6.42. The molecule has 2 aromatic carbocycles. The average Bonchev–Trinajstić information content (AvgIpc) is 3.01. The highest BCUT2D eigenvalue weighted by Gasteiger charge is 2.18. The van der Waals surface area contributed by atoms with Gasteiger partial charge in [-0.1, -0.05) is 46.1 Å². The molecular weight excluding hydrogens is 401 g/mol. The van der Waals surface area contributed by atoms with Crippen LogP contribution in [0.1, 0.15) is 21.7 Å². The average molecular weight is 418 g/mol. The van der Waals surface area contributed by atoms with Gasteiger partial charge < -0.3 is 10.6 Å². The summed E-state index contributed by atoms with van der Waals surface area (Å²) in [4.78, 5) is 24.7. The summed E-state index contributed by atoms with van der Waals surface area (Å²) in [6.07, 6.45) is 0. The Hall–Kier alpha value is -2.90. The Morgan fingerprint density at radius 2 is 1.64 bits per heavy atom. The molecule has 0 saturated carbocycles. The largest absolute Gasteiger partial charge is 0.324 e. The number of halogens is 2. The van der Waals surface area contributed by atoms with Crippen molar-refractivity contribution in [2.75, 3.05) is 10.6 Å². The van der Waals surface area contributed by atoms with E-state index in [-0.39, 0.29) is 18.1 Å². The summed E-state index contributed by atoms with van der Waals surface area (Å²) >= 11 is 11.8.